The molecule has 0 spiro atoms. The maximum Gasteiger partial charge on any atom is 0.0237 e. The van der Waals surface area contributed by atoms with E-state index in [0.29, 0.717) is 12.0 Å². The van der Waals surface area contributed by atoms with Crippen LogP contribution in [0.25, 0.3) is 0 Å². The fourth-order valence-electron chi connectivity index (χ4n) is 2.49. The molecule has 0 radical (unpaired) electrons. The molecule has 1 N–H and O–H groups in total. The van der Waals surface area contributed by atoms with Crippen molar-refractivity contribution in [2.45, 2.75) is 40.3 Å². The van der Waals surface area contributed by atoms with Gasteiger partial charge in [-0.3, -0.25) is 0 Å². The van der Waals surface area contributed by atoms with E-state index in [2.05, 4.69) is 70.2 Å². The fourth-order valence-corrected chi connectivity index (χ4v) is 2.49. The first kappa shape index (κ1) is 15.2. The summed E-state index contributed by atoms with van der Waals surface area (Å²) in [5.41, 5.74) is 4.21. The third-order valence-corrected chi connectivity index (χ3v) is 3.73. The summed E-state index contributed by atoms with van der Waals surface area (Å²) in [6.07, 6.45) is 0. The summed E-state index contributed by atoms with van der Waals surface area (Å²) >= 11 is 0. The first-order valence-corrected chi connectivity index (χ1v) is 6.85. The van der Waals surface area contributed by atoms with Gasteiger partial charge in [0.2, 0.25) is 0 Å². The Morgan fingerprint density at radius 1 is 1.11 bits per heavy atom. The average molecular weight is 248 g/mol. The molecule has 0 fully saturated rings. The number of benzene rings is 1. The highest BCUT2D eigenvalue weighted by atomic mass is 15.1. The predicted octanol–water partition coefficient (Wildman–Crippen LogP) is 2.98. The molecule has 2 nitrogen and oxygen atoms in total. The summed E-state index contributed by atoms with van der Waals surface area (Å²) in [6, 6.07) is 7.10. The van der Waals surface area contributed by atoms with Gasteiger partial charge in [-0.05, 0) is 50.6 Å². The molecule has 2 heteroatoms. The zero-order valence-electron chi connectivity index (χ0n) is 12.7. The minimum atomic E-state index is 0.592. The molecule has 0 aliphatic heterocycles. The van der Waals surface area contributed by atoms with Crippen LogP contribution in [-0.4, -0.2) is 31.6 Å². The lowest BCUT2D eigenvalue weighted by Crippen LogP contribution is -2.41. The quantitative estimate of drug-likeness (QED) is 0.832. The molecule has 18 heavy (non-hydrogen) atoms. The maximum absolute atomic E-state index is 3.60. The largest absolute Gasteiger partial charge is 0.311 e. The summed E-state index contributed by atoms with van der Waals surface area (Å²) in [4.78, 5) is 2.31. The summed E-state index contributed by atoms with van der Waals surface area (Å²) in [5, 5.41) is 3.60. The van der Waals surface area contributed by atoms with Gasteiger partial charge >= 0.3 is 0 Å². The standard InChI is InChI=1S/C16H28N2/c1-12(2)16(18(5)6)11-17-10-15-13(3)8-7-9-14(15)4/h7-9,12,16-17H,10-11H2,1-6H3. The van der Waals surface area contributed by atoms with Crippen molar-refractivity contribution in [2.24, 2.45) is 5.92 Å². The zero-order valence-corrected chi connectivity index (χ0v) is 12.7. The van der Waals surface area contributed by atoms with Crippen molar-refractivity contribution < 1.29 is 0 Å². The van der Waals surface area contributed by atoms with Crippen LogP contribution in [0.5, 0.6) is 0 Å². The van der Waals surface area contributed by atoms with Crippen LogP contribution in [0.3, 0.4) is 0 Å². The molecular formula is C16H28N2. The van der Waals surface area contributed by atoms with Crippen LogP contribution in [-0.2, 0) is 6.54 Å². The maximum atomic E-state index is 3.60. The van der Waals surface area contributed by atoms with Gasteiger partial charge in [0.05, 0.1) is 0 Å². The molecule has 0 saturated carbocycles. The lowest BCUT2D eigenvalue weighted by atomic mass is 10.0. The molecular weight excluding hydrogens is 220 g/mol. The molecule has 0 aromatic heterocycles. The summed E-state index contributed by atoms with van der Waals surface area (Å²) in [7, 11) is 4.32. The number of rotatable bonds is 6. The highest BCUT2D eigenvalue weighted by Gasteiger charge is 2.15. The number of hydrogen-bond acceptors (Lipinski definition) is 2. The lowest BCUT2D eigenvalue weighted by molar-refractivity contribution is 0.224. The molecule has 0 bridgehead atoms. The van der Waals surface area contributed by atoms with E-state index in [0.717, 1.165) is 13.1 Å². The van der Waals surface area contributed by atoms with Gasteiger partial charge in [-0.1, -0.05) is 32.0 Å². The normalized spacial score (nSPS) is 13.3. The van der Waals surface area contributed by atoms with E-state index in [1.54, 1.807) is 0 Å². The average Bonchev–Trinajstić information content (AvgIpc) is 2.26. The van der Waals surface area contributed by atoms with Gasteiger partial charge in [0.25, 0.3) is 0 Å². The number of nitrogens with one attached hydrogen (secondary N) is 1. The van der Waals surface area contributed by atoms with Crippen molar-refractivity contribution in [3.63, 3.8) is 0 Å². The predicted molar refractivity (Wildman–Crippen MR) is 79.9 cm³/mol. The number of likely N-dealkylation sites (N-methyl/N-ethyl adjacent to an activating group) is 1. The van der Waals surface area contributed by atoms with Crippen LogP contribution >= 0.6 is 0 Å². The van der Waals surface area contributed by atoms with E-state index in [1.165, 1.54) is 16.7 Å². The minimum Gasteiger partial charge on any atom is -0.311 e. The molecule has 102 valence electrons. The number of hydrogen-bond donors (Lipinski definition) is 1. The third-order valence-electron chi connectivity index (χ3n) is 3.73. The molecule has 1 aromatic rings. The Kier molecular flexibility index (Phi) is 5.83. The van der Waals surface area contributed by atoms with Gasteiger partial charge in [-0.25, -0.2) is 0 Å². The second-order valence-electron chi connectivity index (χ2n) is 5.78. The summed E-state index contributed by atoms with van der Waals surface area (Å²) in [6.45, 7) is 11.0. The van der Waals surface area contributed by atoms with E-state index in [1.807, 2.05) is 0 Å². The second-order valence-corrected chi connectivity index (χ2v) is 5.78. The molecule has 1 unspecified atom stereocenters. The van der Waals surface area contributed by atoms with Crippen LogP contribution in [0.4, 0.5) is 0 Å². The smallest absolute Gasteiger partial charge is 0.0237 e. The molecule has 1 rings (SSSR count). The van der Waals surface area contributed by atoms with Crippen molar-refractivity contribution in [2.75, 3.05) is 20.6 Å². The van der Waals surface area contributed by atoms with Gasteiger partial charge in [0.15, 0.2) is 0 Å². The van der Waals surface area contributed by atoms with Crippen molar-refractivity contribution in [3.8, 4) is 0 Å². The van der Waals surface area contributed by atoms with E-state index in [9.17, 15) is 0 Å². The second kappa shape index (κ2) is 6.91. The Hall–Kier alpha value is -0.860. The van der Waals surface area contributed by atoms with Crippen LogP contribution in [0.2, 0.25) is 0 Å². The monoisotopic (exact) mass is 248 g/mol. The SMILES string of the molecule is Cc1cccc(C)c1CNCC(C(C)C)N(C)C. The Labute approximate surface area is 112 Å². The number of nitrogens with zero attached hydrogens (tertiary/aromatic N) is 1. The Morgan fingerprint density at radius 3 is 2.11 bits per heavy atom. The van der Waals surface area contributed by atoms with Gasteiger partial charge < -0.3 is 10.2 Å². The molecule has 1 aromatic carbocycles. The van der Waals surface area contributed by atoms with Gasteiger partial charge in [-0.15, -0.1) is 0 Å². The summed E-state index contributed by atoms with van der Waals surface area (Å²) < 4.78 is 0. The Morgan fingerprint density at radius 2 is 1.67 bits per heavy atom. The third kappa shape index (κ3) is 4.11. The molecule has 0 heterocycles. The lowest BCUT2D eigenvalue weighted by Gasteiger charge is -2.28. The van der Waals surface area contributed by atoms with E-state index in [4.69, 9.17) is 0 Å². The summed E-state index contributed by atoms with van der Waals surface area (Å²) in [5.74, 6) is 0.672. The van der Waals surface area contributed by atoms with Crippen molar-refractivity contribution in [3.05, 3.63) is 34.9 Å². The molecule has 0 aliphatic carbocycles. The minimum absolute atomic E-state index is 0.592. The number of aryl methyl sites for hydroxylation is 2. The van der Waals surface area contributed by atoms with Crippen LogP contribution in [0.15, 0.2) is 18.2 Å². The topological polar surface area (TPSA) is 15.3 Å². The van der Waals surface area contributed by atoms with E-state index >= 15 is 0 Å². The zero-order chi connectivity index (χ0) is 13.7. The van der Waals surface area contributed by atoms with Crippen LogP contribution in [0, 0.1) is 19.8 Å². The first-order chi connectivity index (χ1) is 8.43. The molecule has 0 amide bonds. The Balaban J connectivity index is 2.55. The van der Waals surface area contributed by atoms with Gasteiger partial charge in [0, 0.05) is 19.1 Å². The van der Waals surface area contributed by atoms with E-state index < -0.39 is 0 Å². The van der Waals surface area contributed by atoms with E-state index in [-0.39, 0.29) is 0 Å². The fraction of sp³-hybridized carbons (Fsp3) is 0.625. The van der Waals surface area contributed by atoms with Gasteiger partial charge in [-0.2, -0.15) is 0 Å². The first-order valence-electron chi connectivity index (χ1n) is 6.85. The molecule has 1 atom stereocenters. The van der Waals surface area contributed by atoms with Crippen molar-refractivity contribution in [1.29, 1.82) is 0 Å². The highest BCUT2D eigenvalue weighted by molar-refractivity contribution is 5.33. The van der Waals surface area contributed by atoms with Crippen LogP contribution < -0.4 is 5.32 Å². The Bertz CT molecular complexity index is 341. The molecule has 0 aliphatic rings. The highest BCUT2D eigenvalue weighted by Crippen LogP contribution is 2.13. The molecule has 0 saturated heterocycles. The van der Waals surface area contributed by atoms with Crippen LogP contribution in [0.1, 0.15) is 30.5 Å². The van der Waals surface area contributed by atoms with Gasteiger partial charge in [0.1, 0.15) is 0 Å². The van der Waals surface area contributed by atoms with Crippen molar-refractivity contribution >= 4 is 0 Å². The van der Waals surface area contributed by atoms with Crippen molar-refractivity contribution in [1.82, 2.24) is 10.2 Å².